The van der Waals surface area contributed by atoms with Gasteiger partial charge in [0, 0.05) is 30.2 Å². The molecule has 0 spiro atoms. The smallest absolute Gasteiger partial charge is 0.341 e. The number of H-pyrrole nitrogens is 1. The molecule has 0 aliphatic heterocycles. The number of hydrogen-bond acceptors (Lipinski definition) is 5. The summed E-state index contributed by atoms with van der Waals surface area (Å²) in [7, 11) is 0. The van der Waals surface area contributed by atoms with Gasteiger partial charge in [0.05, 0.1) is 18.4 Å². The fraction of sp³-hybridized carbons (Fsp3) is 0.550. The molecule has 6 nitrogen and oxygen atoms in total. The Morgan fingerprint density at radius 2 is 2.38 bits per heavy atom. The van der Waals surface area contributed by atoms with Crippen LogP contribution in [0.15, 0.2) is 18.5 Å². The highest BCUT2D eigenvalue weighted by atomic mass is 16.5. The number of hydrogen-bond donors (Lipinski definition) is 2. The van der Waals surface area contributed by atoms with Gasteiger partial charge in [-0.25, -0.2) is 9.78 Å². The van der Waals surface area contributed by atoms with Gasteiger partial charge in [0.1, 0.15) is 11.2 Å². The molecule has 2 aromatic rings. The highest BCUT2D eigenvalue weighted by Crippen LogP contribution is 2.33. The van der Waals surface area contributed by atoms with E-state index < -0.39 is 0 Å². The highest BCUT2D eigenvalue weighted by Gasteiger charge is 2.25. The normalized spacial score (nSPS) is 19.8. The van der Waals surface area contributed by atoms with Crippen molar-refractivity contribution < 1.29 is 9.53 Å². The second-order valence-corrected chi connectivity index (χ2v) is 6.99. The molecule has 2 heterocycles. The summed E-state index contributed by atoms with van der Waals surface area (Å²) >= 11 is 0. The van der Waals surface area contributed by atoms with E-state index in [-0.39, 0.29) is 5.97 Å². The van der Waals surface area contributed by atoms with Crippen LogP contribution in [-0.2, 0) is 4.74 Å². The first-order chi connectivity index (χ1) is 12.7. The number of esters is 1. The molecule has 2 N–H and O–H groups in total. The van der Waals surface area contributed by atoms with Crippen molar-refractivity contribution in [2.75, 3.05) is 11.9 Å². The minimum atomic E-state index is -0.332. The molecular weight excluding hydrogens is 328 g/mol. The Morgan fingerprint density at radius 1 is 1.50 bits per heavy atom. The Hall–Kier alpha value is -2.55. The Labute approximate surface area is 153 Å². The molecule has 0 radical (unpaired) electrons. The van der Waals surface area contributed by atoms with E-state index in [4.69, 9.17) is 10.00 Å². The minimum absolute atomic E-state index is 0.297. The molecule has 1 fully saturated rings. The predicted octanol–water partition coefficient (Wildman–Crippen LogP) is 4.40. The van der Waals surface area contributed by atoms with Crippen molar-refractivity contribution in [3.63, 3.8) is 0 Å². The topological polar surface area (TPSA) is 90.8 Å². The van der Waals surface area contributed by atoms with E-state index in [1.165, 1.54) is 6.42 Å². The predicted molar refractivity (Wildman–Crippen MR) is 101 cm³/mol. The van der Waals surface area contributed by atoms with Crippen LogP contribution in [-0.4, -0.2) is 28.6 Å². The van der Waals surface area contributed by atoms with Gasteiger partial charge in [0.25, 0.3) is 0 Å². The highest BCUT2D eigenvalue weighted by molar-refractivity contribution is 6.04. The molecule has 0 bridgehead atoms. The standard InChI is InChI=1S/C20H26N4O2/c1-2-11-26-20(25)17-13-23-19-16(8-10-22-19)18(17)24-15-7-3-5-14(12-15)6-4-9-21/h8,10,13-15H,2-7,11-12H2,1H3,(H2,22,23,24)/t14-,15+/m1/s1. The molecule has 1 aliphatic rings. The number of nitrogens with zero attached hydrogens (tertiary/aromatic N) is 2. The van der Waals surface area contributed by atoms with Crippen LogP contribution in [0.3, 0.4) is 0 Å². The second kappa shape index (κ2) is 8.70. The number of pyridine rings is 1. The molecule has 0 unspecified atom stereocenters. The first-order valence-electron chi connectivity index (χ1n) is 9.49. The van der Waals surface area contributed by atoms with Gasteiger partial charge in [0.2, 0.25) is 0 Å². The van der Waals surface area contributed by atoms with Crippen LogP contribution in [0.25, 0.3) is 11.0 Å². The number of aromatic amines is 1. The van der Waals surface area contributed by atoms with Gasteiger partial charge >= 0.3 is 5.97 Å². The van der Waals surface area contributed by atoms with E-state index in [0.29, 0.717) is 30.6 Å². The zero-order valence-corrected chi connectivity index (χ0v) is 15.3. The lowest BCUT2D eigenvalue weighted by atomic mass is 9.83. The number of carbonyl (C=O) groups is 1. The molecular formula is C20H26N4O2. The third kappa shape index (κ3) is 4.16. The second-order valence-electron chi connectivity index (χ2n) is 6.99. The van der Waals surface area contributed by atoms with Gasteiger partial charge in [-0.3, -0.25) is 0 Å². The fourth-order valence-electron chi connectivity index (χ4n) is 3.75. The Kier molecular flexibility index (Phi) is 6.11. The average molecular weight is 354 g/mol. The van der Waals surface area contributed by atoms with Crippen molar-refractivity contribution in [2.45, 2.75) is 57.9 Å². The molecule has 138 valence electrons. The van der Waals surface area contributed by atoms with Gasteiger partial charge in [-0.15, -0.1) is 0 Å². The third-order valence-electron chi connectivity index (χ3n) is 5.04. The van der Waals surface area contributed by atoms with Gasteiger partial charge in [-0.1, -0.05) is 19.8 Å². The van der Waals surface area contributed by atoms with Crippen LogP contribution in [0.2, 0.25) is 0 Å². The summed E-state index contributed by atoms with van der Waals surface area (Å²) in [6.45, 7) is 2.38. The summed E-state index contributed by atoms with van der Waals surface area (Å²) in [4.78, 5) is 19.9. The van der Waals surface area contributed by atoms with Crippen LogP contribution < -0.4 is 5.32 Å². The maximum Gasteiger partial charge on any atom is 0.341 e. The Balaban J connectivity index is 1.82. The number of ether oxygens (including phenoxy) is 1. The quantitative estimate of drug-likeness (QED) is 0.719. The van der Waals surface area contributed by atoms with Gasteiger partial charge in [0.15, 0.2) is 0 Å². The van der Waals surface area contributed by atoms with Crippen LogP contribution in [0.1, 0.15) is 62.2 Å². The maximum absolute atomic E-state index is 12.5. The lowest BCUT2D eigenvalue weighted by Crippen LogP contribution is -2.28. The lowest BCUT2D eigenvalue weighted by Gasteiger charge is -2.30. The van der Waals surface area contributed by atoms with Gasteiger partial charge < -0.3 is 15.0 Å². The molecule has 1 aliphatic carbocycles. The zero-order valence-electron chi connectivity index (χ0n) is 15.3. The van der Waals surface area contributed by atoms with Gasteiger partial charge in [-0.05, 0) is 37.7 Å². The van der Waals surface area contributed by atoms with Crippen molar-refractivity contribution in [1.29, 1.82) is 5.26 Å². The number of anilines is 1. The number of rotatable bonds is 7. The van der Waals surface area contributed by atoms with Crippen molar-refractivity contribution >= 4 is 22.7 Å². The first-order valence-corrected chi connectivity index (χ1v) is 9.49. The molecule has 0 aromatic carbocycles. The van der Waals surface area contributed by atoms with Crippen LogP contribution in [0.4, 0.5) is 5.69 Å². The summed E-state index contributed by atoms with van der Waals surface area (Å²) in [5.41, 5.74) is 2.06. The number of fused-ring (bicyclic) bond motifs is 1. The van der Waals surface area contributed by atoms with Crippen molar-refractivity contribution in [3.05, 3.63) is 24.0 Å². The SMILES string of the molecule is CCCOC(=O)c1cnc2[nH]ccc2c1N[C@H]1CCC[C@H](CCC#N)C1. The zero-order chi connectivity index (χ0) is 18.4. The van der Waals surface area contributed by atoms with E-state index in [1.807, 2.05) is 19.2 Å². The van der Waals surface area contributed by atoms with Crippen molar-refractivity contribution in [2.24, 2.45) is 5.92 Å². The maximum atomic E-state index is 12.5. The minimum Gasteiger partial charge on any atom is -0.462 e. The van der Waals surface area contributed by atoms with Gasteiger partial charge in [-0.2, -0.15) is 5.26 Å². The molecule has 3 rings (SSSR count). The number of nitrogens with one attached hydrogen (secondary N) is 2. The molecule has 2 aromatic heterocycles. The lowest BCUT2D eigenvalue weighted by molar-refractivity contribution is 0.0506. The van der Waals surface area contributed by atoms with E-state index in [0.717, 1.165) is 48.8 Å². The average Bonchev–Trinajstić information content (AvgIpc) is 3.14. The molecule has 0 amide bonds. The summed E-state index contributed by atoms with van der Waals surface area (Å²) < 4.78 is 5.34. The van der Waals surface area contributed by atoms with Crippen LogP contribution in [0.5, 0.6) is 0 Å². The number of carbonyl (C=O) groups excluding carboxylic acids is 1. The van der Waals surface area contributed by atoms with E-state index in [1.54, 1.807) is 6.20 Å². The molecule has 0 saturated heterocycles. The van der Waals surface area contributed by atoms with Crippen LogP contribution in [0, 0.1) is 17.2 Å². The van der Waals surface area contributed by atoms with Crippen LogP contribution >= 0.6 is 0 Å². The Morgan fingerprint density at radius 3 is 3.19 bits per heavy atom. The largest absolute Gasteiger partial charge is 0.462 e. The molecule has 6 heteroatoms. The Bertz CT molecular complexity index is 793. The van der Waals surface area contributed by atoms with Crippen molar-refractivity contribution in [3.8, 4) is 6.07 Å². The van der Waals surface area contributed by atoms with E-state index in [9.17, 15) is 4.79 Å². The first kappa shape index (κ1) is 18.2. The number of nitriles is 1. The molecule has 1 saturated carbocycles. The molecule has 2 atom stereocenters. The monoisotopic (exact) mass is 354 g/mol. The van der Waals surface area contributed by atoms with E-state index >= 15 is 0 Å². The summed E-state index contributed by atoms with van der Waals surface area (Å²) in [5.74, 6) is 0.238. The molecule has 26 heavy (non-hydrogen) atoms. The van der Waals surface area contributed by atoms with E-state index in [2.05, 4.69) is 21.4 Å². The summed E-state index contributed by atoms with van der Waals surface area (Å²) in [5, 5.41) is 13.3. The van der Waals surface area contributed by atoms with Crippen molar-refractivity contribution in [1.82, 2.24) is 9.97 Å². The number of aromatic nitrogens is 2. The summed E-state index contributed by atoms with van der Waals surface area (Å²) in [6, 6.07) is 4.49. The third-order valence-corrected chi connectivity index (χ3v) is 5.04. The fourth-order valence-corrected chi connectivity index (χ4v) is 3.75. The summed E-state index contributed by atoms with van der Waals surface area (Å²) in [6.07, 6.45) is 10.2.